The first-order valence-corrected chi connectivity index (χ1v) is 6.25. The Morgan fingerprint density at radius 1 is 1.35 bits per heavy atom. The predicted octanol–water partition coefficient (Wildman–Crippen LogP) is 2.38. The summed E-state index contributed by atoms with van der Waals surface area (Å²) in [5, 5.41) is 12.0. The SMILES string of the molecule is OC(COc1ccc(F)cc1CNC1CC1)C(F)(F)F. The molecule has 2 rings (SSSR count). The zero-order valence-electron chi connectivity index (χ0n) is 10.6. The Morgan fingerprint density at radius 2 is 2.05 bits per heavy atom. The third-order valence-electron chi connectivity index (χ3n) is 2.96. The third kappa shape index (κ3) is 4.35. The molecular weight excluding hydrogens is 278 g/mol. The van der Waals surface area contributed by atoms with Crippen LogP contribution < -0.4 is 10.1 Å². The van der Waals surface area contributed by atoms with Crippen LogP contribution in [0.15, 0.2) is 18.2 Å². The molecule has 0 saturated heterocycles. The Labute approximate surface area is 113 Å². The number of alkyl halides is 3. The highest BCUT2D eigenvalue weighted by Crippen LogP contribution is 2.25. The number of ether oxygens (including phenoxy) is 1. The van der Waals surface area contributed by atoms with Crippen LogP contribution in [0.4, 0.5) is 17.6 Å². The molecule has 1 unspecified atom stereocenters. The van der Waals surface area contributed by atoms with Crippen molar-refractivity contribution in [3.63, 3.8) is 0 Å². The van der Waals surface area contributed by atoms with E-state index in [0.717, 1.165) is 18.9 Å². The van der Waals surface area contributed by atoms with Gasteiger partial charge in [0.05, 0.1) is 0 Å². The normalized spacial score (nSPS) is 17.1. The lowest BCUT2D eigenvalue weighted by atomic mass is 10.2. The molecule has 1 aliphatic rings. The highest BCUT2D eigenvalue weighted by Gasteiger charge is 2.38. The predicted molar refractivity (Wildman–Crippen MR) is 63.8 cm³/mol. The largest absolute Gasteiger partial charge is 0.490 e. The summed E-state index contributed by atoms with van der Waals surface area (Å²) in [5.74, 6) is -0.343. The van der Waals surface area contributed by atoms with Gasteiger partial charge in [0.15, 0.2) is 6.10 Å². The van der Waals surface area contributed by atoms with Crippen molar-refractivity contribution in [1.29, 1.82) is 0 Å². The van der Waals surface area contributed by atoms with Crippen LogP contribution >= 0.6 is 0 Å². The number of hydrogen-bond acceptors (Lipinski definition) is 3. The van der Waals surface area contributed by atoms with Crippen molar-refractivity contribution in [1.82, 2.24) is 5.32 Å². The number of aliphatic hydroxyl groups is 1. The van der Waals surface area contributed by atoms with E-state index in [4.69, 9.17) is 9.84 Å². The second-order valence-corrected chi connectivity index (χ2v) is 4.78. The summed E-state index contributed by atoms with van der Waals surface area (Å²) >= 11 is 0. The van der Waals surface area contributed by atoms with Crippen LogP contribution in [0.25, 0.3) is 0 Å². The van der Waals surface area contributed by atoms with E-state index in [1.165, 1.54) is 12.1 Å². The molecule has 1 aliphatic carbocycles. The highest BCUT2D eigenvalue weighted by molar-refractivity contribution is 5.34. The van der Waals surface area contributed by atoms with E-state index < -0.39 is 24.7 Å². The van der Waals surface area contributed by atoms with Crippen LogP contribution in [0.3, 0.4) is 0 Å². The van der Waals surface area contributed by atoms with Gasteiger partial charge in [0.2, 0.25) is 0 Å². The van der Waals surface area contributed by atoms with Crippen LogP contribution in [0.5, 0.6) is 5.75 Å². The molecule has 0 aromatic heterocycles. The Kier molecular flexibility index (Phi) is 4.49. The number of nitrogens with one attached hydrogen (secondary N) is 1. The monoisotopic (exact) mass is 293 g/mol. The molecule has 0 spiro atoms. The van der Waals surface area contributed by atoms with Gasteiger partial charge in [-0.15, -0.1) is 0 Å². The lowest BCUT2D eigenvalue weighted by Crippen LogP contribution is -2.34. The highest BCUT2D eigenvalue weighted by atomic mass is 19.4. The van der Waals surface area contributed by atoms with E-state index in [0.29, 0.717) is 18.2 Å². The molecule has 0 radical (unpaired) electrons. The van der Waals surface area contributed by atoms with Gasteiger partial charge in [-0.25, -0.2) is 4.39 Å². The lowest BCUT2D eigenvalue weighted by Gasteiger charge is -2.17. The van der Waals surface area contributed by atoms with Gasteiger partial charge >= 0.3 is 6.18 Å². The first kappa shape index (κ1) is 15.1. The molecule has 0 heterocycles. The molecule has 1 aromatic rings. The molecule has 0 amide bonds. The molecular formula is C13H15F4NO2. The van der Waals surface area contributed by atoms with E-state index >= 15 is 0 Å². The van der Waals surface area contributed by atoms with Crippen molar-refractivity contribution in [2.24, 2.45) is 0 Å². The topological polar surface area (TPSA) is 41.5 Å². The van der Waals surface area contributed by atoms with E-state index in [1.807, 2.05) is 0 Å². The second-order valence-electron chi connectivity index (χ2n) is 4.78. The van der Waals surface area contributed by atoms with E-state index in [1.54, 1.807) is 0 Å². The maximum atomic E-state index is 13.2. The molecule has 20 heavy (non-hydrogen) atoms. The fourth-order valence-electron chi connectivity index (χ4n) is 1.63. The van der Waals surface area contributed by atoms with Crippen molar-refractivity contribution in [3.05, 3.63) is 29.6 Å². The van der Waals surface area contributed by atoms with Crippen LogP contribution in [-0.4, -0.2) is 30.0 Å². The second kappa shape index (κ2) is 5.97. The average molecular weight is 293 g/mol. The minimum atomic E-state index is -4.73. The van der Waals surface area contributed by atoms with Crippen LogP contribution in [-0.2, 0) is 6.54 Å². The number of halogens is 4. The zero-order chi connectivity index (χ0) is 14.8. The molecule has 0 bridgehead atoms. The summed E-state index contributed by atoms with van der Waals surface area (Å²) in [6, 6.07) is 3.97. The first-order valence-electron chi connectivity index (χ1n) is 6.25. The Bertz CT molecular complexity index is 460. The van der Waals surface area contributed by atoms with Gasteiger partial charge < -0.3 is 15.2 Å². The van der Waals surface area contributed by atoms with Gasteiger partial charge in [-0.2, -0.15) is 13.2 Å². The van der Waals surface area contributed by atoms with Crippen LogP contribution in [0.2, 0.25) is 0 Å². The van der Waals surface area contributed by atoms with Crippen molar-refractivity contribution in [2.45, 2.75) is 37.7 Å². The Hall–Kier alpha value is -1.34. The van der Waals surface area contributed by atoms with Crippen LogP contribution in [0, 0.1) is 5.82 Å². The maximum Gasteiger partial charge on any atom is 0.417 e. The molecule has 1 atom stereocenters. The summed E-state index contributed by atoms with van der Waals surface area (Å²) < 4.78 is 54.6. The number of hydrogen-bond donors (Lipinski definition) is 2. The maximum absolute atomic E-state index is 13.2. The summed E-state index contributed by atoms with van der Waals surface area (Å²) in [6.07, 6.45) is -5.21. The number of benzene rings is 1. The van der Waals surface area contributed by atoms with Crippen molar-refractivity contribution < 1.29 is 27.4 Å². The van der Waals surface area contributed by atoms with Crippen molar-refractivity contribution >= 4 is 0 Å². The van der Waals surface area contributed by atoms with E-state index in [9.17, 15) is 17.6 Å². The third-order valence-corrected chi connectivity index (χ3v) is 2.96. The quantitative estimate of drug-likeness (QED) is 0.791. The molecule has 0 aliphatic heterocycles. The molecule has 7 heteroatoms. The summed E-state index contributed by atoms with van der Waals surface area (Å²) in [7, 11) is 0. The smallest absolute Gasteiger partial charge is 0.417 e. The zero-order valence-corrected chi connectivity index (χ0v) is 10.6. The van der Waals surface area contributed by atoms with Gasteiger partial charge in [-0.05, 0) is 31.0 Å². The van der Waals surface area contributed by atoms with Gasteiger partial charge in [-0.3, -0.25) is 0 Å². The summed E-state index contributed by atoms with van der Waals surface area (Å²) in [5.41, 5.74) is 0.436. The van der Waals surface area contributed by atoms with Crippen molar-refractivity contribution in [3.8, 4) is 5.75 Å². The minimum Gasteiger partial charge on any atom is -0.490 e. The molecule has 3 nitrogen and oxygen atoms in total. The Morgan fingerprint density at radius 3 is 2.65 bits per heavy atom. The average Bonchev–Trinajstić information content (AvgIpc) is 3.17. The Balaban J connectivity index is 1.98. The van der Waals surface area contributed by atoms with Gasteiger partial charge in [0.25, 0.3) is 0 Å². The van der Waals surface area contributed by atoms with E-state index in [-0.39, 0.29) is 5.75 Å². The fraction of sp³-hybridized carbons (Fsp3) is 0.538. The van der Waals surface area contributed by atoms with Gasteiger partial charge in [0.1, 0.15) is 18.2 Å². The number of aliphatic hydroxyl groups excluding tert-OH is 1. The summed E-state index contributed by atoms with van der Waals surface area (Å²) in [6.45, 7) is -0.592. The first-order chi connectivity index (χ1) is 9.36. The molecule has 112 valence electrons. The van der Waals surface area contributed by atoms with Gasteiger partial charge in [-0.1, -0.05) is 0 Å². The molecule has 2 N–H and O–H groups in total. The standard InChI is InChI=1S/C13H15F4NO2/c14-9-1-4-11(20-7-12(19)13(15,16)17)8(5-9)6-18-10-2-3-10/h1,4-5,10,12,18-19H,2-3,6-7H2. The lowest BCUT2D eigenvalue weighted by molar-refractivity contribution is -0.210. The van der Waals surface area contributed by atoms with Crippen molar-refractivity contribution in [2.75, 3.05) is 6.61 Å². The van der Waals surface area contributed by atoms with Gasteiger partial charge in [0, 0.05) is 18.2 Å². The molecule has 1 saturated carbocycles. The van der Waals surface area contributed by atoms with Crippen LogP contribution in [0.1, 0.15) is 18.4 Å². The summed E-state index contributed by atoms with van der Waals surface area (Å²) in [4.78, 5) is 0. The fourth-order valence-corrected chi connectivity index (χ4v) is 1.63. The molecule has 1 fully saturated rings. The van der Waals surface area contributed by atoms with E-state index in [2.05, 4.69) is 5.32 Å². The minimum absolute atomic E-state index is 0.142. The number of rotatable bonds is 6. The molecule has 1 aromatic carbocycles.